The van der Waals surface area contributed by atoms with Gasteiger partial charge in [0.25, 0.3) is 0 Å². The van der Waals surface area contributed by atoms with E-state index in [4.69, 9.17) is 0 Å². The van der Waals surface area contributed by atoms with Crippen molar-refractivity contribution in [1.29, 1.82) is 0 Å². The fourth-order valence-electron chi connectivity index (χ4n) is 1.54. The molecule has 14 heavy (non-hydrogen) atoms. The van der Waals surface area contributed by atoms with Gasteiger partial charge in [-0.3, -0.25) is 5.10 Å². The lowest BCUT2D eigenvalue weighted by Gasteiger charge is -1.93. The topological polar surface area (TPSA) is 33.1 Å². The highest BCUT2D eigenvalue weighted by molar-refractivity contribution is 5.57. The highest BCUT2D eigenvalue weighted by Gasteiger charge is 2.02. The van der Waals surface area contributed by atoms with Crippen LogP contribution >= 0.6 is 0 Å². The Morgan fingerprint density at radius 2 is 1.86 bits per heavy atom. The molecule has 0 saturated carbocycles. The Morgan fingerprint density at radius 3 is 2.64 bits per heavy atom. The third kappa shape index (κ3) is 1.03. The van der Waals surface area contributed by atoms with Crippen molar-refractivity contribution in [3.8, 4) is 11.4 Å². The maximum Gasteiger partial charge on any atom is 0.154 e. The quantitative estimate of drug-likeness (QED) is 0.617. The smallest absolute Gasteiger partial charge is 0.154 e. The second kappa shape index (κ2) is 2.73. The second-order valence-corrected chi connectivity index (χ2v) is 3.17. The van der Waals surface area contributed by atoms with Crippen LogP contribution in [0.15, 0.2) is 48.7 Å². The average molecular weight is 183 g/mol. The fourth-order valence-corrected chi connectivity index (χ4v) is 1.54. The van der Waals surface area contributed by atoms with Crippen LogP contribution in [0.4, 0.5) is 0 Å². The number of H-pyrrole nitrogens is 1. The average Bonchev–Trinajstić information content (AvgIpc) is 2.78. The summed E-state index contributed by atoms with van der Waals surface area (Å²) in [6, 6.07) is 14.0. The molecule has 0 unspecified atom stereocenters. The summed E-state index contributed by atoms with van der Waals surface area (Å²) in [5.74, 6) is 0.904. The van der Waals surface area contributed by atoms with Gasteiger partial charge in [0.15, 0.2) is 11.5 Å². The van der Waals surface area contributed by atoms with Gasteiger partial charge in [-0.05, 0) is 12.1 Å². The van der Waals surface area contributed by atoms with Gasteiger partial charge in [0.05, 0.1) is 0 Å². The maximum absolute atomic E-state index is 4.45. The molecule has 3 nitrogen and oxygen atoms in total. The van der Waals surface area contributed by atoms with Crippen molar-refractivity contribution in [3.05, 3.63) is 48.7 Å². The lowest BCUT2D eigenvalue weighted by atomic mass is 10.2. The zero-order valence-corrected chi connectivity index (χ0v) is 7.51. The van der Waals surface area contributed by atoms with Gasteiger partial charge in [0, 0.05) is 11.8 Å². The van der Waals surface area contributed by atoms with Crippen molar-refractivity contribution in [2.75, 3.05) is 0 Å². The van der Waals surface area contributed by atoms with Gasteiger partial charge in [0.2, 0.25) is 0 Å². The third-order valence-corrected chi connectivity index (χ3v) is 2.23. The van der Waals surface area contributed by atoms with Crippen LogP contribution in [0.25, 0.3) is 17.0 Å². The van der Waals surface area contributed by atoms with Crippen LogP contribution in [-0.2, 0) is 0 Å². The lowest BCUT2D eigenvalue weighted by molar-refractivity contribution is 0.981. The van der Waals surface area contributed by atoms with Gasteiger partial charge in [-0.25, -0.2) is 9.50 Å². The number of rotatable bonds is 1. The van der Waals surface area contributed by atoms with Crippen LogP contribution in [-0.4, -0.2) is 14.6 Å². The van der Waals surface area contributed by atoms with Crippen LogP contribution in [0.1, 0.15) is 0 Å². The second-order valence-electron chi connectivity index (χ2n) is 3.17. The minimum atomic E-state index is 0.904. The van der Waals surface area contributed by atoms with E-state index in [1.54, 1.807) is 0 Å². The van der Waals surface area contributed by atoms with Crippen molar-refractivity contribution in [2.24, 2.45) is 0 Å². The van der Waals surface area contributed by atoms with Gasteiger partial charge in [-0.1, -0.05) is 30.3 Å². The van der Waals surface area contributed by atoms with Crippen LogP contribution in [0.3, 0.4) is 0 Å². The molecule has 0 atom stereocenters. The number of hydrogen-bond acceptors (Lipinski definition) is 1. The van der Waals surface area contributed by atoms with Crippen molar-refractivity contribution >= 4 is 5.65 Å². The molecule has 1 N–H and O–H groups in total. The molecule has 0 aliphatic heterocycles. The molecule has 3 aromatic rings. The normalized spacial score (nSPS) is 10.9. The monoisotopic (exact) mass is 183 g/mol. The highest BCUT2D eigenvalue weighted by atomic mass is 15.3. The first-order chi connectivity index (χ1) is 6.93. The van der Waals surface area contributed by atoms with Crippen molar-refractivity contribution in [2.45, 2.75) is 0 Å². The zero-order valence-electron chi connectivity index (χ0n) is 7.51. The minimum Gasteiger partial charge on any atom is -0.276 e. The summed E-state index contributed by atoms with van der Waals surface area (Å²) >= 11 is 0. The summed E-state index contributed by atoms with van der Waals surface area (Å²) in [6.07, 6.45) is 1.95. The van der Waals surface area contributed by atoms with Gasteiger partial charge in [-0.15, -0.1) is 0 Å². The SMILES string of the molecule is c1ccc(-c2nc3cccn3[nH]2)cc1. The number of hydrogen-bond donors (Lipinski definition) is 1. The molecule has 2 heterocycles. The number of nitrogens with zero attached hydrogens (tertiary/aromatic N) is 2. The number of benzene rings is 1. The molecule has 2 aromatic heterocycles. The van der Waals surface area contributed by atoms with Crippen LogP contribution in [0.5, 0.6) is 0 Å². The summed E-state index contributed by atoms with van der Waals surface area (Å²) in [4.78, 5) is 4.45. The standard InChI is InChI=1S/C11H9N3/c1-2-5-9(6-3-1)11-12-10-7-4-8-14(10)13-11/h1-8H,(H,12,13). The van der Waals surface area contributed by atoms with E-state index < -0.39 is 0 Å². The van der Waals surface area contributed by atoms with Crippen molar-refractivity contribution in [3.63, 3.8) is 0 Å². The molecule has 0 aliphatic rings. The Hall–Kier alpha value is -2.03. The Labute approximate surface area is 81.0 Å². The molecule has 0 fully saturated rings. The first-order valence-electron chi connectivity index (χ1n) is 4.52. The third-order valence-electron chi connectivity index (χ3n) is 2.23. The van der Waals surface area contributed by atoms with Crippen LogP contribution in [0.2, 0.25) is 0 Å². The summed E-state index contributed by atoms with van der Waals surface area (Å²) in [5, 5.41) is 3.20. The predicted octanol–water partition coefficient (Wildman–Crippen LogP) is 2.33. The molecule has 0 saturated heterocycles. The van der Waals surface area contributed by atoms with Gasteiger partial charge in [0.1, 0.15) is 0 Å². The van der Waals surface area contributed by atoms with Gasteiger partial charge < -0.3 is 0 Å². The van der Waals surface area contributed by atoms with E-state index in [0.717, 1.165) is 17.0 Å². The molecule has 0 bridgehead atoms. The molecule has 0 aliphatic carbocycles. The number of nitrogens with one attached hydrogen (secondary N) is 1. The lowest BCUT2D eigenvalue weighted by Crippen LogP contribution is -1.81. The van der Waals surface area contributed by atoms with E-state index in [0.29, 0.717) is 0 Å². The Balaban J connectivity index is 2.19. The van der Waals surface area contributed by atoms with Crippen molar-refractivity contribution < 1.29 is 0 Å². The summed E-state index contributed by atoms with van der Waals surface area (Å²) < 4.78 is 1.91. The largest absolute Gasteiger partial charge is 0.276 e. The van der Waals surface area contributed by atoms with E-state index in [2.05, 4.69) is 10.1 Å². The molecule has 0 radical (unpaired) electrons. The molecular weight excluding hydrogens is 174 g/mol. The molecule has 0 amide bonds. The molecule has 0 spiro atoms. The zero-order chi connectivity index (χ0) is 9.38. The summed E-state index contributed by atoms with van der Waals surface area (Å²) in [5.41, 5.74) is 2.06. The number of aromatic amines is 1. The molecule has 3 heteroatoms. The number of fused-ring (bicyclic) bond motifs is 1. The highest BCUT2D eigenvalue weighted by Crippen LogP contribution is 2.15. The predicted molar refractivity (Wildman–Crippen MR) is 55.0 cm³/mol. The Morgan fingerprint density at radius 1 is 1.00 bits per heavy atom. The van der Waals surface area contributed by atoms with Gasteiger partial charge >= 0.3 is 0 Å². The van der Waals surface area contributed by atoms with E-state index >= 15 is 0 Å². The van der Waals surface area contributed by atoms with Crippen LogP contribution < -0.4 is 0 Å². The van der Waals surface area contributed by atoms with E-state index in [9.17, 15) is 0 Å². The van der Waals surface area contributed by atoms with Crippen LogP contribution in [0, 0.1) is 0 Å². The summed E-state index contributed by atoms with van der Waals surface area (Å²) in [7, 11) is 0. The Bertz CT molecular complexity index is 519. The van der Waals surface area contributed by atoms with Crippen molar-refractivity contribution in [1.82, 2.24) is 14.6 Å². The van der Waals surface area contributed by atoms with E-state index in [1.807, 2.05) is 53.2 Å². The molecule has 1 aromatic carbocycles. The Kier molecular flexibility index (Phi) is 1.44. The molecule has 68 valence electrons. The maximum atomic E-state index is 4.45. The fraction of sp³-hybridized carbons (Fsp3) is 0. The van der Waals surface area contributed by atoms with Gasteiger partial charge in [-0.2, -0.15) is 0 Å². The number of aromatic nitrogens is 3. The summed E-state index contributed by atoms with van der Waals surface area (Å²) in [6.45, 7) is 0. The van der Waals surface area contributed by atoms with E-state index in [1.165, 1.54) is 0 Å². The first kappa shape index (κ1) is 7.38. The molecular formula is C11H9N3. The minimum absolute atomic E-state index is 0.904. The first-order valence-corrected chi connectivity index (χ1v) is 4.52. The molecule has 3 rings (SSSR count). The van der Waals surface area contributed by atoms with E-state index in [-0.39, 0.29) is 0 Å².